The molecule has 0 aliphatic rings. The van der Waals surface area contributed by atoms with Gasteiger partial charge in [0.1, 0.15) is 5.82 Å². The van der Waals surface area contributed by atoms with E-state index in [1.165, 1.54) is 0 Å². The van der Waals surface area contributed by atoms with E-state index in [-0.39, 0.29) is 0 Å². The Morgan fingerprint density at radius 1 is 1.06 bits per heavy atom. The van der Waals surface area contributed by atoms with Gasteiger partial charge >= 0.3 is 0 Å². The van der Waals surface area contributed by atoms with Crippen molar-refractivity contribution < 1.29 is 0 Å². The van der Waals surface area contributed by atoms with Crippen molar-refractivity contribution in [2.24, 2.45) is 5.10 Å². The Morgan fingerprint density at radius 3 is 2.44 bits per heavy atom. The summed E-state index contributed by atoms with van der Waals surface area (Å²) in [6, 6.07) is 11.4. The molecule has 0 bridgehead atoms. The number of aromatic nitrogens is 2. The van der Waals surface area contributed by atoms with Crippen molar-refractivity contribution in [1.29, 1.82) is 0 Å². The van der Waals surface area contributed by atoms with Gasteiger partial charge in [0.25, 0.3) is 0 Å². The lowest BCUT2D eigenvalue weighted by molar-refractivity contribution is 0.981. The van der Waals surface area contributed by atoms with Gasteiger partial charge in [0.05, 0.1) is 11.9 Å². The summed E-state index contributed by atoms with van der Waals surface area (Å²) in [4.78, 5) is 8.33. The minimum absolute atomic E-state index is 0.801. The van der Waals surface area contributed by atoms with Gasteiger partial charge in [0.2, 0.25) is 0 Å². The second-order valence-corrected chi connectivity index (χ2v) is 3.21. The van der Waals surface area contributed by atoms with Crippen LogP contribution >= 0.6 is 0 Å². The van der Waals surface area contributed by atoms with Gasteiger partial charge in [-0.2, -0.15) is 5.10 Å². The lowest BCUT2D eigenvalue weighted by Gasteiger charge is -2.10. The predicted molar refractivity (Wildman–Crippen MR) is 64.5 cm³/mol. The van der Waals surface area contributed by atoms with Crippen LogP contribution in [0.1, 0.15) is 5.69 Å². The highest BCUT2D eigenvalue weighted by Gasteiger charge is 1.96. The summed E-state index contributed by atoms with van der Waals surface area (Å²) in [6.45, 7) is 0. The van der Waals surface area contributed by atoms with E-state index >= 15 is 0 Å². The van der Waals surface area contributed by atoms with Crippen molar-refractivity contribution in [3.8, 4) is 0 Å². The number of pyridine rings is 2. The Bertz CT molecular complexity index is 453. The molecule has 0 radical (unpaired) electrons. The zero-order valence-corrected chi connectivity index (χ0v) is 8.99. The maximum Gasteiger partial charge on any atom is 0.148 e. The lowest BCUT2D eigenvalue weighted by atomic mass is 10.4. The fourth-order valence-corrected chi connectivity index (χ4v) is 1.20. The van der Waals surface area contributed by atoms with E-state index < -0.39 is 0 Å². The second kappa shape index (κ2) is 5.02. The molecule has 4 nitrogen and oxygen atoms in total. The van der Waals surface area contributed by atoms with Crippen molar-refractivity contribution >= 4 is 12.0 Å². The minimum atomic E-state index is 0.801. The van der Waals surface area contributed by atoms with Crippen LogP contribution in [0.4, 0.5) is 5.82 Å². The molecule has 16 heavy (non-hydrogen) atoms. The topological polar surface area (TPSA) is 41.4 Å². The van der Waals surface area contributed by atoms with Crippen molar-refractivity contribution in [3.63, 3.8) is 0 Å². The van der Waals surface area contributed by atoms with E-state index in [1.54, 1.807) is 23.6 Å². The molecule has 0 spiro atoms. The van der Waals surface area contributed by atoms with Gasteiger partial charge in [-0.05, 0) is 24.3 Å². The van der Waals surface area contributed by atoms with E-state index in [4.69, 9.17) is 0 Å². The highest BCUT2D eigenvalue weighted by molar-refractivity contribution is 5.77. The number of anilines is 1. The summed E-state index contributed by atoms with van der Waals surface area (Å²) >= 11 is 0. The predicted octanol–water partition coefficient (Wildman–Crippen LogP) is 1.95. The third-order valence-electron chi connectivity index (χ3n) is 2.03. The molecule has 0 amide bonds. The summed E-state index contributed by atoms with van der Waals surface area (Å²) in [5.74, 6) is 0.801. The summed E-state index contributed by atoms with van der Waals surface area (Å²) in [7, 11) is 1.85. The van der Waals surface area contributed by atoms with Gasteiger partial charge in [-0.3, -0.25) is 9.99 Å². The number of nitrogens with zero attached hydrogens (tertiary/aromatic N) is 4. The molecule has 0 aromatic carbocycles. The molecule has 4 heteroatoms. The Kier molecular flexibility index (Phi) is 3.23. The summed E-state index contributed by atoms with van der Waals surface area (Å²) in [5, 5.41) is 5.95. The molecule has 80 valence electrons. The zero-order valence-electron chi connectivity index (χ0n) is 8.99. The number of hydrogen-bond acceptors (Lipinski definition) is 4. The quantitative estimate of drug-likeness (QED) is 0.576. The first kappa shape index (κ1) is 10.3. The van der Waals surface area contributed by atoms with Crippen LogP contribution in [0.15, 0.2) is 53.9 Å². The third-order valence-corrected chi connectivity index (χ3v) is 2.03. The van der Waals surface area contributed by atoms with E-state index in [0.717, 1.165) is 11.5 Å². The average molecular weight is 212 g/mol. The van der Waals surface area contributed by atoms with Crippen LogP contribution in [0, 0.1) is 0 Å². The fraction of sp³-hybridized carbons (Fsp3) is 0.0833. The first-order valence-electron chi connectivity index (χ1n) is 4.96. The van der Waals surface area contributed by atoms with Crippen molar-refractivity contribution in [1.82, 2.24) is 9.97 Å². The lowest BCUT2D eigenvalue weighted by Crippen LogP contribution is -2.10. The highest BCUT2D eigenvalue weighted by atomic mass is 15.5. The number of hydrogen-bond donors (Lipinski definition) is 0. The highest BCUT2D eigenvalue weighted by Crippen LogP contribution is 2.06. The van der Waals surface area contributed by atoms with Crippen LogP contribution in [0.3, 0.4) is 0 Å². The smallest absolute Gasteiger partial charge is 0.148 e. The molecule has 0 aliphatic carbocycles. The molecular formula is C12H12N4. The standard InChI is InChI=1S/C12H12N4/c1-16(12-7-3-5-9-14-12)15-10-11-6-2-4-8-13-11/h2-10H,1H3/b15-10+. The first-order valence-corrected chi connectivity index (χ1v) is 4.96. The summed E-state index contributed by atoms with van der Waals surface area (Å²) in [5.41, 5.74) is 0.824. The van der Waals surface area contributed by atoms with E-state index in [0.29, 0.717) is 0 Å². The van der Waals surface area contributed by atoms with Crippen LogP contribution < -0.4 is 5.01 Å². The first-order chi connectivity index (χ1) is 7.86. The molecule has 0 N–H and O–H groups in total. The van der Waals surface area contributed by atoms with Crippen LogP contribution in [-0.4, -0.2) is 23.2 Å². The van der Waals surface area contributed by atoms with Crippen molar-refractivity contribution in [2.75, 3.05) is 12.1 Å². The Morgan fingerprint density at radius 2 is 1.81 bits per heavy atom. The molecule has 2 rings (SSSR count). The molecule has 0 unspecified atom stereocenters. The van der Waals surface area contributed by atoms with Gasteiger partial charge in [-0.25, -0.2) is 4.98 Å². The van der Waals surface area contributed by atoms with Crippen LogP contribution in [0.5, 0.6) is 0 Å². The molecule has 0 atom stereocenters. The van der Waals surface area contributed by atoms with Crippen molar-refractivity contribution in [3.05, 3.63) is 54.5 Å². The Hall–Kier alpha value is -2.23. The molecular weight excluding hydrogens is 200 g/mol. The number of rotatable bonds is 3. The fourth-order valence-electron chi connectivity index (χ4n) is 1.20. The normalized spacial score (nSPS) is 10.6. The monoisotopic (exact) mass is 212 g/mol. The third kappa shape index (κ3) is 2.63. The number of hydrazone groups is 1. The van der Waals surface area contributed by atoms with Gasteiger partial charge in [-0.15, -0.1) is 0 Å². The van der Waals surface area contributed by atoms with Crippen LogP contribution in [-0.2, 0) is 0 Å². The van der Waals surface area contributed by atoms with Crippen LogP contribution in [0.25, 0.3) is 0 Å². The maximum atomic E-state index is 4.25. The summed E-state index contributed by atoms with van der Waals surface area (Å²) < 4.78 is 0. The Balaban J connectivity index is 2.08. The maximum absolute atomic E-state index is 4.25. The zero-order chi connectivity index (χ0) is 11.2. The van der Waals surface area contributed by atoms with Gasteiger partial charge in [0.15, 0.2) is 0 Å². The van der Waals surface area contributed by atoms with E-state index in [1.807, 2.05) is 43.4 Å². The molecule has 2 aromatic rings. The summed E-state index contributed by atoms with van der Waals surface area (Å²) in [6.07, 6.45) is 5.18. The molecule has 2 heterocycles. The molecule has 0 fully saturated rings. The average Bonchev–Trinajstić information content (AvgIpc) is 2.38. The molecule has 2 aromatic heterocycles. The minimum Gasteiger partial charge on any atom is -0.255 e. The SMILES string of the molecule is CN(/N=C/c1ccccn1)c1ccccn1. The molecule has 0 saturated carbocycles. The van der Waals surface area contributed by atoms with E-state index in [2.05, 4.69) is 15.1 Å². The van der Waals surface area contributed by atoms with Gasteiger partial charge in [0, 0.05) is 19.4 Å². The second-order valence-electron chi connectivity index (χ2n) is 3.21. The Labute approximate surface area is 94.3 Å². The van der Waals surface area contributed by atoms with Crippen molar-refractivity contribution in [2.45, 2.75) is 0 Å². The molecule has 0 saturated heterocycles. The van der Waals surface area contributed by atoms with Crippen LogP contribution in [0.2, 0.25) is 0 Å². The van der Waals surface area contributed by atoms with E-state index in [9.17, 15) is 0 Å². The van der Waals surface area contributed by atoms with Gasteiger partial charge in [-0.1, -0.05) is 12.1 Å². The largest absolute Gasteiger partial charge is 0.255 e. The van der Waals surface area contributed by atoms with Gasteiger partial charge < -0.3 is 0 Å². The molecule has 0 aliphatic heterocycles.